The summed E-state index contributed by atoms with van der Waals surface area (Å²) in [6, 6.07) is 14.3. The molecule has 2 rings (SSSR count). The number of hydrogen-bond acceptors (Lipinski definition) is 4. The number of aliphatic hydroxyl groups excluding tert-OH is 2. The van der Waals surface area contributed by atoms with E-state index in [4.69, 9.17) is 19.5 Å². The van der Waals surface area contributed by atoms with Gasteiger partial charge in [-0.3, -0.25) is 0 Å². The van der Waals surface area contributed by atoms with Crippen LogP contribution in [0.4, 0.5) is 0 Å². The number of para-hydroxylation sites is 2. The number of rotatable bonds is 6. The molecule has 0 fully saturated rings. The van der Waals surface area contributed by atoms with Crippen LogP contribution in [0.1, 0.15) is 11.1 Å². The maximum atomic E-state index is 9.15. The molecule has 0 atom stereocenters. The predicted molar refractivity (Wildman–Crippen MR) is 71.7 cm³/mol. The minimum absolute atomic E-state index is 0.1000. The van der Waals surface area contributed by atoms with Crippen molar-refractivity contribution in [2.75, 3.05) is 0 Å². The van der Waals surface area contributed by atoms with E-state index < -0.39 is 0 Å². The maximum absolute atomic E-state index is 9.15. The highest BCUT2D eigenvalue weighted by atomic mass is 16.6. The molecule has 97 valence electrons. The largest absolute Gasteiger partial charge is 0.658 e. The van der Waals surface area contributed by atoms with Crippen LogP contribution in [-0.2, 0) is 13.2 Å². The van der Waals surface area contributed by atoms with Crippen molar-refractivity contribution in [3.63, 3.8) is 0 Å². The third-order valence-corrected chi connectivity index (χ3v) is 2.64. The molecular weight excluding hydrogens is 243 g/mol. The Labute approximate surface area is 112 Å². The van der Waals surface area contributed by atoms with E-state index in [0.29, 0.717) is 22.6 Å². The second-order valence-electron chi connectivity index (χ2n) is 3.86. The lowest BCUT2D eigenvalue weighted by atomic mass is 10.2. The molecule has 0 amide bonds. The molecule has 0 unspecified atom stereocenters. The molecule has 0 aliphatic rings. The highest BCUT2D eigenvalue weighted by molar-refractivity contribution is 6.20. The summed E-state index contributed by atoms with van der Waals surface area (Å²) >= 11 is 0. The maximum Gasteiger partial charge on any atom is 0.658 e. The fourth-order valence-corrected chi connectivity index (χ4v) is 1.63. The molecule has 0 aromatic heterocycles. The summed E-state index contributed by atoms with van der Waals surface area (Å²) in [6.45, 7) is -0.200. The fourth-order valence-electron chi connectivity index (χ4n) is 1.63. The van der Waals surface area contributed by atoms with E-state index in [2.05, 4.69) is 0 Å². The zero-order chi connectivity index (χ0) is 13.5. The molecule has 0 saturated carbocycles. The molecular formula is C14H14BO4. The Bertz CT molecular complexity index is 483. The molecule has 0 bridgehead atoms. The lowest BCUT2D eigenvalue weighted by Crippen LogP contribution is -2.13. The van der Waals surface area contributed by atoms with Gasteiger partial charge < -0.3 is 19.5 Å². The van der Waals surface area contributed by atoms with Crippen molar-refractivity contribution in [1.29, 1.82) is 0 Å². The van der Waals surface area contributed by atoms with E-state index in [1.807, 2.05) is 24.3 Å². The Morgan fingerprint density at radius 3 is 1.58 bits per heavy atom. The van der Waals surface area contributed by atoms with Crippen LogP contribution in [-0.4, -0.2) is 17.9 Å². The number of hydrogen-bond donors (Lipinski definition) is 2. The molecule has 2 N–H and O–H groups in total. The molecule has 5 heteroatoms. The molecule has 0 spiro atoms. The van der Waals surface area contributed by atoms with Gasteiger partial charge in [-0.15, -0.1) is 0 Å². The van der Waals surface area contributed by atoms with Crippen LogP contribution in [0.15, 0.2) is 48.5 Å². The second-order valence-corrected chi connectivity index (χ2v) is 3.86. The van der Waals surface area contributed by atoms with Crippen molar-refractivity contribution in [3.8, 4) is 11.5 Å². The Hall–Kier alpha value is -1.98. The van der Waals surface area contributed by atoms with E-state index in [0.717, 1.165) is 0 Å². The third-order valence-electron chi connectivity index (χ3n) is 2.64. The summed E-state index contributed by atoms with van der Waals surface area (Å²) < 4.78 is 10.7. The molecule has 1 radical (unpaired) electrons. The summed E-state index contributed by atoms with van der Waals surface area (Å²) in [5.74, 6) is 1.07. The van der Waals surface area contributed by atoms with Crippen molar-refractivity contribution in [2.45, 2.75) is 13.2 Å². The van der Waals surface area contributed by atoms with Gasteiger partial charge in [0.25, 0.3) is 0 Å². The molecule has 2 aromatic rings. The van der Waals surface area contributed by atoms with Gasteiger partial charge in [0.05, 0.1) is 13.2 Å². The van der Waals surface area contributed by atoms with E-state index in [9.17, 15) is 0 Å². The van der Waals surface area contributed by atoms with Crippen LogP contribution in [0.5, 0.6) is 11.5 Å². The van der Waals surface area contributed by atoms with Gasteiger partial charge in [0, 0.05) is 11.1 Å². The van der Waals surface area contributed by atoms with Crippen molar-refractivity contribution < 1.29 is 19.5 Å². The van der Waals surface area contributed by atoms with Crippen LogP contribution in [0.2, 0.25) is 0 Å². The Morgan fingerprint density at radius 1 is 0.737 bits per heavy atom. The quantitative estimate of drug-likeness (QED) is 0.773. The molecule has 0 saturated heterocycles. The van der Waals surface area contributed by atoms with Crippen molar-refractivity contribution in [2.24, 2.45) is 0 Å². The second kappa shape index (κ2) is 6.82. The average molecular weight is 257 g/mol. The summed E-state index contributed by atoms with van der Waals surface area (Å²) in [6.07, 6.45) is 0. The smallest absolute Gasteiger partial charge is 0.526 e. The topological polar surface area (TPSA) is 58.9 Å². The summed E-state index contributed by atoms with van der Waals surface area (Å²) in [5, 5.41) is 18.3. The van der Waals surface area contributed by atoms with Crippen LogP contribution >= 0.6 is 0 Å². The van der Waals surface area contributed by atoms with E-state index in [1.54, 1.807) is 24.3 Å². The van der Waals surface area contributed by atoms with E-state index >= 15 is 0 Å². The monoisotopic (exact) mass is 257 g/mol. The van der Waals surface area contributed by atoms with Gasteiger partial charge in [-0.2, -0.15) is 0 Å². The fraction of sp³-hybridized carbons (Fsp3) is 0.143. The normalized spacial score (nSPS) is 10.0. The minimum Gasteiger partial charge on any atom is -0.526 e. The molecule has 0 aliphatic heterocycles. The van der Waals surface area contributed by atoms with Gasteiger partial charge in [-0.25, -0.2) is 0 Å². The zero-order valence-corrected chi connectivity index (χ0v) is 10.3. The first kappa shape index (κ1) is 13.5. The third kappa shape index (κ3) is 3.50. The van der Waals surface area contributed by atoms with Gasteiger partial charge in [-0.05, 0) is 12.1 Å². The van der Waals surface area contributed by atoms with Crippen LogP contribution in [0.25, 0.3) is 0 Å². The van der Waals surface area contributed by atoms with Gasteiger partial charge in [0.2, 0.25) is 0 Å². The van der Waals surface area contributed by atoms with E-state index in [-0.39, 0.29) is 13.2 Å². The van der Waals surface area contributed by atoms with Gasteiger partial charge in [0.15, 0.2) is 0 Å². The van der Waals surface area contributed by atoms with Crippen molar-refractivity contribution >= 4 is 7.69 Å². The Kier molecular flexibility index (Phi) is 4.83. The average Bonchev–Trinajstić information content (AvgIpc) is 2.48. The first-order valence-electron chi connectivity index (χ1n) is 5.87. The minimum atomic E-state index is -0.1000. The summed E-state index contributed by atoms with van der Waals surface area (Å²) in [4.78, 5) is 0. The van der Waals surface area contributed by atoms with Gasteiger partial charge in [0.1, 0.15) is 11.5 Å². The predicted octanol–water partition coefficient (Wildman–Crippen LogP) is 1.66. The van der Waals surface area contributed by atoms with Crippen molar-refractivity contribution in [1.82, 2.24) is 0 Å². The molecule has 4 nitrogen and oxygen atoms in total. The van der Waals surface area contributed by atoms with E-state index in [1.165, 1.54) is 7.69 Å². The van der Waals surface area contributed by atoms with Gasteiger partial charge >= 0.3 is 7.69 Å². The highest BCUT2D eigenvalue weighted by Gasteiger charge is 2.07. The molecule has 2 aromatic carbocycles. The molecule has 19 heavy (non-hydrogen) atoms. The Balaban J connectivity index is 1.96. The van der Waals surface area contributed by atoms with Gasteiger partial charge in [-0.1, -0.05) is 36.4 Å². The van der Waals surface area contributed by atoms with Crippen molar-refractivity contribution in [3.05, 3.63) is 59.7 Å². The summed E-state index contributed by atoms with van der Waals surface area (Å²) in [7, 11) is 1.18. The summed E-state index contributed by atoms with van der Waals surface area (Å²) in [5.41, 5.74) is 1.36. The lowest BCUT2D eigenvalue weighted by Gasteiger charge is -2.11. The lowest BCUT2D eigenvalue weighted by molar-refractivity contribution is 0.275. The molecule has 0 aliphatic carbocycles. The SMILES string of the molecule is OCc1ccccc1O[B]Oc1ccccc1CO. The van der Waals surface area contributed by atoms with Crippen LogP contribution in [0, 0.1) is 0 Å². The molecule has 0 heterocycles. The van der Waals surface area contributed by atoms with Crippen LogP contribution < -0.4 is 9.31 Å². The van der Waals surface area contributed by atoms with Crippen LogP contribution in [0.3, 0.4) is 0 Å². The Morgan fingerprint density at radius 2 is 1.16 bits per heavy atom. The first-order chi connectivity index (χ1) is 9.35. The zero-order valence-electron chi connectivity index (χ0n) is 10.3. The highest BCUT2D eigenvalue weighted by Crippen LogP contribution is 2.19. The number of aliphatic hydroxyl groups is 2. The number of benzene rings is 2. The first-order valence-corrected chi connectivity index (χ1v) is 5.87. The standard InChI is InChI=1S/C14H14BO4/c16-9-11-5-1-3-7-13(11)18-15-19-14-8-4-2-6-12(14)10-17/h1-8,16-17H,9-10H2.